The van der Waals surface area contributed by atoms with Crippen LogP contribution in [0.1, 0.15) is 35.2 Å². The number of nitrogens with one attached hydrogen (secondary N) is 2. The van der Waals surface area contributed by atoms with Crippen LogP contribution in [-0.4, -0.2) is 31.7 Å². The highest BCUT2D eigenvalue weighted by Gasteiger charge is 2.30. The minimum absolute atomic E-state index is 0.156. The van der Waals surface area contributed by atoms with Crippen molar-refractivity contribution >= 4 is 33.0 Å². The predicted molar refractivity (Wildman–Crippen MR) is 128 cm³/mol. The van der Waals surface area contributed by atoms with Gasteiger partial charge in [0.1, 0.15) is 0 Å². The van der Waals surface area contributed by atoms with Gasteiger partial charge in [-0.1, -0.05) is 24.6 Å². The molecule has 6 nitrogen and oxygen atoms in total. The average Bonchev–Trinajstić information content (AvgIpc) is 2.85. The van der Waals surface area contributed by atoms with Crippen molar-refractivity contribution in [1.29, 1.82) is 0 Å². The lowest BCUT2D eigenvalue weighted by Gasteiger charge is -2.25. The Morgan fingerprint density at radius 1 is 0.829 bits per heavy atom. The minimum Gasteiger partial charge on any atom is -0.355 e. The van der Waals surface area contributed by atoms with E-state index in [9.17, 15) is 26.4 Å². The van der Waals surface area contributed by atoms with Gasteiger partial charge in [0.05, 0.1) is 21.7 Å². The van der Waals surface area contributed by atoms with Gasteiger partial charge in [0, 0.05) is 24.5 Å². The van der Waals surface area contributed by atoms with Gasteiger partial charge in [-0.3, -0.25) is 4.79 Å². The van der Waals surface area contributed by atoms with Gasteiger partial charge in [-0.25, -0.2) is 8.42 Å². The van der Waals surface area contributed by atoms with Crippen LogP contribution in [0.4, 0.5) is 30.2 Å². The summed E-state index contributed by atoms with van der Waals surface area (Å²) in [5, 5.41) is 5.58. The number of amides is 1. The van der Waals surface area contributed by atoms with Crippen LogP contribution in [-0.2, 0) is 16.2 Å². The molecule has 0 aromatic heterocycles. The van der Waals surface area contributed by atoms with Crippen LogP contribution in [0.2, 0.25) is 0 Å². The molecule has 10 heteroatoms. The number of piperidine rings is 1. The van der Waals surface area contributed by atoms with E-state index in [1.807, 2.05) is 0 Å². The molecule has 3 aromatic rings. The first-order valence-electron chi connectivity index (χ1n) is 11.1. The fourth-order valence-corrected chi connectivity index (χ4v) is 5.40. The number of alkyl halides is 3. The number of carbonyl (C=O) groups is 1. The smallest absolute Gasteiger partial charge is 0.355 e. The standard InChI is InChI=1S/C25H24F3N3O3S/c26-25(27,28)18-7-6-8-20(17-18)29-23-10-3-2-9-22(23)24(32)30-19-11-13-21(14-12-19)35(33,34)31-15-4-1-5-16-31/h2-3,6-14,17,29H,1,4-5,15-16H2,(H,30,32). The number of benzene rings is 3. The lowest BCUT2D eigenvalue weighted by atomic mass is 10.1. The topological polar surface area (TPSA) is 78.5 Å². The van der Waals surface area contributed by atoms with E-state index < -0.39 is 27.7 Å². The molecule has 1 aliphatic heterocycles. The first-order chi connectivity index (χ1) is 16.6. The Bertz CT molecular complexity index is 1300. The van der Waals surface area contributed by atoms with Gasteiger partial charge in [0.25, 0.3) is 5.91 Å². The SMILES string of the molecule is O=C(Nc1ccc(S(=O)(=O)N2CCCCC2)cc1)c1ccccc1Nc1cccc(C(F)(F)F)c1. The summed E-state index contributed by atoms with van der Waals surface area (Å²) < 4.78 is 66.2. The van der Waals surface area contributed by atoms with Crippen molar-refractivity contribution in [2.24, 2.45) is 0 Å². The van der Waals surface area contributed by atoms with E-state index in [1.165, 1.54) is 40.7 Å². The van der Waals surface area contributed by atoms with Crippen molar-refractivity contribution in [2.45, 2.75) is 30.3 Å². The van der Waals surface area contributed by atoms with Crippen molar-refractivity contribution in [3.05, 3.63) is 83.9 Å². The summed E-state index contributed by atoms with van der Waals surface area (Å²) >= 11 is 0. The molecule has 1 saturated heterocycles. The van der Waals surface area contributed by atoms with Gasteiger partial charge in [0.15, 0.2) is 0 Å². The molecule has 35 heavy (non-hydrogen) atoms. The highest BCUT2D eigenvalue weighted by Crippen LogP contribution is 2.32. The molecular weight excluding hydrogens is 479 g/mol. The summed E-state index contributed by atoms with van der Waals surface area (Å²) in [6.45, 7) is 0.993. The quantitative estimate of drug-likeness (QED) is 0.441. The van der Waals surface area contributed by atoms with Crippen molar-refractivity contribution in [3.63, 3.8) is 0 Å². The summed E-state index contributed by atoms with van der Waals surface area (Å²) in [5.74, 6) is -0.494. The molecule has 1 amide bonds. The normalized spacial score (nSPS) is 14.9. The van der Waals surface area contributed by atoms with Crippen LogP contribution >= 0.6 is 0 Å². The third-order valence-corrected chi connectivity index (χ3v) is 7.62. The Labute approximate surface area is 201 Å². The number of carbonyl (C=O) groups excluding carboxylic acids is 1. The molecule has 0 radical (unpaired) electrons. The van der Waals surface area contributed by atoms with E-state index in [2.05, 4.69) is 10.6 Å². The average molecular weight is 504 g/mol. The molecule has 0 aliphatic carbocycles. The molecule has 0 spiro atoms. The fraction of sp³-hybridized carbons (Fsp3) is 0.240. The molecule has 0 saturated carbocycles. The number of sulfonamides is 1. The van der Waals surface area contributed by atoms with E-state index in [0.717, 1.165) is 31.4 Å². The zero-order chi connectivity index (χ0) is 25.1. The molecule has 1 aliphatic rings. The summed E-state index contributed by atoms with van der Waals surface area (Å²) in [6, 6.07) is 17.1. The molecule has 1 fully saturated rings. The number of hydrogen-bond acceptors (Lipinski definition) is 4. The van der Waals surface area contributed by atoms with Crippen molar-refractivity contribution in [2.75, 3.05) is 23.7 Å². The Hall–Kier alpha value is -3.37. The molecule has 0 bridgehead atoms. The maximum atomic E-state index is 13.0. The van der Waals surface area contributed by atoms with Gasteiger partial charge < -0.3 is 10.6 Å². The maximum absolute atomic E-state index is 13.0. The van der Waals surface area contributed by atoms with Gasteiger partial charge >= 0.3 is 6.18 Å². The van der Waals surface area contributed by atoms with Crippen LogP contribution in [0, 0.1) is 0 Å². The second-order valence-electron chi connectivity index (χ2n) is 8.19. The van der Waals surface area contributed by atoms with Crippen LogP contribution in [0.3, 0.4) is 0 Å². The van der Waals surface area contributed by atoms with Gasteiger partial charge in [0.2, 0.25) is 10.0 Å². The Balaban J connectivity index is 1.49. The van der Waals surface area contributed by atoms with Crippen LogP contribution in [0.15, 0.2) is 77.7 Å². The largest absolute Gasteiger partial charge is 0.416 e. The van der Waals surface area contributed by atoms with E-state index >= 15 is 0 Å². The highest BCUT2D eigenvalue weighted by molar-refractivity contribution is 7.89. The number of halogens is 3. The van der Waals surface area contributed by atoms with Crippen LogP contribution in [0.25, 0.3) is 0 Å². The van der Waals surface area contributed by atoms with Crippen LogP contribution in [0.5, 0.6) is 0 Å². The van der Waals surface area contributed by atoms with E-state index in [1.54, 1.807) is 24.3 Å². The van der Waals surface area contributed by atoms with Gasteiger partial charge in [-0.2, -0.15) is 17.5 Å². The second kappa shape index (κ2) is 10.1. The molecule has 4 rings (SSSR count). The zero-order valence-corrected chi connectivity index (χ0v) is 19.5. The summed E-state index contributed by atoms with van der Waals surface area (Å²) in [5.41, 5.74) is 0.321. The first kappa shape index (κ1) is 24.7. The molecule has 184 valence electrons. The summed E-state index contributed by atoms with van der Waals surface area (Å²) in [6.07, 6.45) is -1.80. The number of hydrogen-bond donors (Lipinski definition) is 2. The molecule has 1 heterocycles. The minimum atomic E-state index is -4.48. The second-order valence-corrected chi connectivity index (χ2v) is 10.1. The Morgan fingerprint density at radius 3 is 2.20 bits per heavy atom. The van der Waals surface area contributed by atoms with E-state index in [4.69, 9.17) is 0 Å². The lowest BCUT2D eigenvalue weighted by molar-refractivity contribution is -0.137. The maximum Gasteiger partial charge on any atom is 0.416 e. The Kier molecular flexibility index (Phi) is 7.13. The van der Waals surface area contributed by atoms with E-state index in [0.29, 0.717) is 24.5 Å². The molecule has 2 N–H and O–H groups in total. The predicted octanol–water partition coefficient (Wildman–Crippen LogP) is 5.88. The van der Waals surface area contributed by atoms with Crippen LogP contribution < -0.4 is 10.6 Å². The van der Waals surface area contributed by atoms with Crippen molar-refractivity contribution in [3.8, 4) is 0 Å². The number of anilines is 3. The lowest BCUT2D eigenvalue weighted by Crippen LogP contribution is -2.35. The van der Waals surface area contributed by atoms with Crippen molar-refractivity contribution < 1.29 is 26.4 Å². The molecule has 3 aromatic carbocycles. The summed E-state index contributed by atoms with van der Waals surface area (Å²) in [7, 11) is -3.58. The van der Waals surface area contributed by atoms with Gasteiger partial charge in [-0.15, -0.1) is 0 Å². The third-order valence-electron chi connectivity index (χ3n) is 5.71. The third kappa shape index (κ3) is 5.83. The van der Waals surface area contributed by atoms with E-state index in [-0.39, 0.29) is 16.1 Å². The van der Waals surface area contributed by atoms with Crippen molar-refractivity contribution in [1.82, 2.24) is 4.31 Å². The number of rotatable bonds is 6. The molecular formula is C25H24F3N3O3S. The van der Waals surface area contributed by atoms with Gasteiger partial charge in [-0.05, 0) is 67.4 Å². The molecule has 0 unspecified atom stereocenters. The number of para-hydroxylation sites is 1. The highest BCUT2D eigenvalue weighted by atomic mass is 32.2. The monoisotopic (exact) mass is 503 g/mol. The zero-order valence-electron chi connectivity index (χ0n) is 18.7. The number of nitrogens with zero attached hydrogens (tertiary/aromatic N) is 1. The first-order valence-corrected chi connectivity index (χ1v) is 12.5. The fourth-order valence-electron chi connectivity index (χ4n) is 3.88. The Morgan fingerprint density at radius 2 is 1.51 bits per heavy atom. The summed E-state index contributed by atoms with van der Waals surface area (Å²) in [4.78, 5) is 13.1. The molecule has 0 atom stereocenters.